The van der Waals surface area contributed by atoms with E-state index < -0.39 is 0 Å². The highest BCUT2D eigenvalue weighted by Crippen LogP contribution is 2.25. The minimum absolute atomic E-state index is 0.606. The third-order valence-corrected chi connectivity index (χ3v) is 2.49. The average Bonchev–Trinajstić information content (AvgIpc) is 2.20. The highest BCUT2D eigenvalue weighted by atomic mass is 16.5. The number of rotatable bonds is 1. The second-order valence-electron chi connectivity index (χ2n) is 3.45. The summed E-state index contributed by atoms with van der Waals surface area (Å²) < 4.78 is 5.30. The van der Waals surface area contributed by atoms with E-state index in [1.54, 1.807) is 0 Å². The molecule has 1 aromatic heterocycles. The summed E-state index contributed by atoms with van der Waals surface area (Å²) in [5.74, 6) is 1.45. The van der Waals surface area contributed by atoms with Gasteiger partial charge in [-0.1, -0.05) is 0 Å². The molecule has 0 aliphatic carbocycles. The Labute approximate surface area is 78.2 Å². The maximum Gasteiger partial charge on any atom is 0.125 e. The van der Waals surface area contributed by atoms with Crippen molar-refractivity contribution in [3.63, 3.8) is 0 Å². The number of ether oxygens (including phenoxy) is 1. The van der Waals surface area contributed by atoms with Crippen LogP contribution in [0.5, 0.6) is 0 Å². The number of hydrogen-bond acceptors (Lipinski definition) is 3. The van der Waals surface area contributed by atoms with Crippen molar-refractivity contribution < 1.29 is 4.74 Å². The zero-order valence-electron chi connectivity index (χ0n) is 7.86. The van der Waals surface area contributed by atoms with E-state index in [9.17, 15) is 0 Å². The molecule has 1 aliphatic rings. The Kier molecular flexibility index (Phi) is 2.54. The van der Waals surface area contributed by atoms with Crippen LogP contribution < -0.4 is 0 Å². The van der Waals surface area contributed by atoms with Gasteiger partial charge in [0.25, 0.3) is 0 Å². The number of nitrogens with zero attached hydrogens (tertiary/aromatic N) is 2. The maximum atomic E-state index is 5.30. The molecule has 1 aliphatic heterocycles. The molecule has 2 rings (SSSR count). The lowest BCUT2D eigenvalue weighted by atomic mass is 9.94. The van der Waals surface area contributed by atoms with Gasteiger partial charge in [0.1, 0.15) is 5.82 Å². The predicted octanol–water partition coefficient (Wildman–Crippen LogP) is 1.68. The highest BCUT2D eigenvalue weighted by Gasteiger charge is 2.15. The van der Waals surface area contributed by atoms with Gasteiger partial charge in [-0.05, 0) is 31.2 Å². The van der Waals surface area contributed by atoms with Crippen molar-refractivity contribution in [3.8, 4) is 0 Å². The van der Waals surface area contributed by atoms with Crippen LogP contribution in [0, 0.1) is 6.92 Å². The fourth-order valence-electron chi connectivity index (χ4n) is 1.64. The van der Waals surface area contributed by atoms with Crippen LogP contribution in [0.25, 0.3) is 0 Å². The highest BCUT2D eigenvalue weighted by molar-refractivity contribution is 5.11. The molecular weight excluding hydrogens is 164 g/mol. The Balaban J connectivity index is 2.10. The Morgan fingerprint density at radius 3 is 2.46 bits per heavy atom. The Morgan fingerprint density at radius 2 is 1.85 bits per heavy atom. The summed E-state index contributed by atoms with van der Waals surface area (Å²) in [5, 5.41) is 0. The van der Waals surface area contributed by atoms with E-state index in [-0.39, 0.29) is 0 Å². The van der Waals surface area contributed by atoms with Crippen LogP contribution in [0.4, 0.5) is 0 Å². The van der Waals surface area contributed by atoms with Gasteiger partial charge in [0, 0.05) is 25.6 Å². The second kappa shape index (κ2) is 3.83. The van der Waals surface area contributed by atoms with Crippen molar-refractivity contribution in [2.75, 3.05) is 13.2 Å². The van der Waals surface area contributed by atoms with Crippen molar-refractivity contribution in [2.45, 2.75) is 25.7 Å². The van der Waals surface area contributed by atoms with Gasteiger partial charge in [-0.15, -0.1) is 0 Å². The van der Waals surface area contributed by atoms with E-state index in [1.807, 2.05) is 19.3 Å². The topological polar surface area (TPSA) is 35.0 Å². The molecule has 2 heterocycles. The zero-order valence-corrected chi connectivity index (χ0v) is 7.86. The van der Waals surface area contributed by atoms with Gasteiger partial charge in [0.2, 0.25) is 0 Å². The average molecular weight is 178 g/mol. The van der Waals surface area contributed by atoms with E-state index in [0.717, 1.165) is 31.9 Å². The summed E-state index contributed by atoms with van der Waals surface area (Å²) in [4.78, 5) is 8.40. The Hall–Kier alpha value is -0.960. The molecule has 3 nitrogen and oxygen atoms in total. The Morgan fingerprint density at radius 1 is 1.23 bits per heavy atom. The molecule has 13 heavy (non-hydrogen) atoms. The smallest absolute Gasteiger partial charge is 0.125 e. The minimum atomic E-state index is 0.606. The molecule has 0 spiro atoms. The van der Waals surface area contributed by atoms with E-state index in [2.05, 4.69) is 9.97 Å². The van der Waals surface area contributed by atoms with Crippen molar-refractivity contribution in [1.29, 1.82) is 0 Å². The van der Waals surface area contributed by atoms with Gasteiger partial charge < -0.3 is 4.74 Å². The summed E-state index contributed by atoms with van der Waals surface area (Å²) in [6.07, 6.45) is 6.09. The number of aryl methyl sites for hydroxylation is 1. The monoisotopic (exact) mass is 178 g/mol. The standard InChI is InChI=1S/C10H14N2O/c1-8-11-6-10(7-12-8)9-2-4-13-5-3-9/h6-7,9H,2-5H2,1H3. The molecule has 70 valence electrons. The van der Waals surface area contributed by atoms with E-state index >= 15 is 0 Å². The summed E-state index contributed by atoms with van der Waals surface area (Å²) in [5.41, 5.74) is 1.26. The second-order valence-corrected chi connectivity index (χ2v) is 3.45. The summed E-state index contributed by atoms with van der Waals surface area (Å²) in [6.45, 7) is 3.66. The molecule has 1 aromatic rings. The first kappa shape index (κ1) is 8.63. The Bertz CT molecular complexity index is 265. The van der Waals surface area contributed by atoms with E-state index in [0.29, 0.717) is 5.92 Å². The van der Waals surface area contributed by atoms with E-state index in [4.69, 9.17) is 4.74 Å². The van der Waals surface area contributed by atoms with Gasteiger partial charge in [-0.25, -0.2) is 9.97 Å². The fourth-order valence-corrected chi connectivity index (χ4v) is 1.64. The normalized spacial score (nSPS) is 18.8. The van der Waals surface area contributed by atoms with Crippen LogP contribution in [0.1, 0.15) is 30.1 Å². The fraction of sp³-hybridized carbons (Fsp3) is 0.600. The molecule has 3 heteroatoms. The van der Waals surface area contributed by atoms with Gasteiger partial charge in [-0.2, -0.15) is 0 Å². The molecule has 0 N–H and O–H groups in total. The van der Waals surface area contributed by atoms with Crippen LogP contribution in [-0.4, -0.2) is 23.2 Å². The molecule has 0 unspecified atom stereocenters. The molecule has 0 atom stereocenters. The van der Waals surface area contributed by atoms with Gasteiger partial charge >= 0.3 is 0 Å². The molecule has 1 saturated heterocycles. The van der Waals surface area contributed by atoms with Crippen molar-refractivity contribution >= 4 is 0 Å². The molecule has 0 saturated carbocycles. The van der Waals surface area contributed by atoms with Gasteiger partial charge in [-0.3, -0.25) is 0 Å². The first-order valence-electron chi connectivity index (χ1n) is 4.72. The SMILES string of the molecule is Cc1ncc(C2CCOCC2)cn1. The minimum Gasteiger partial charge on any atom is -0.381 e. The largest absolute Gasteiger partial charge is 0.381 e. The summed E-state index contributed by atoms with van der Waals surface area (Å²) >= 11 is 0. The predicted molar refractivity (Wildman–Crippen MR) is 49.6 cm³/mol. The molecule has 0 bridgehead atoms. The van der Waals surface area contributed by atoms with Gasteiger partial charge in [0.15, 0.2) is 0 Å². The molecule has 1 fully saturated rings. The van der Waals surface area contributed by atoms with Gasteiger partial charge in [0.05, 0.1) is 0 Å². The van der Waals surface area contributed by atoms with E-state index in [1.165, 1.54) is 5.56 Å². The lowest BCUT2D eigenvalue weighted by molar-refractivity contribution is 0.0852. The molecule has 0 radical (unpaired) electrons. The zero-order chi connectivity index (χ0) is 9.10. The third-order valence-electron chi connectivity index (χ3n) is 2.49. The lowest BCUT2D eigenvalue weighted by Gasteiger charge is -2.21. The van der Waals surface area contributed by atoms with Crippen molar-refractivity contribution in [2.24, 2.45) is 0 Å². The lowest BCUT2D eigenvalue weighted by Crippen LogP contribution is -2.14. The molecule has 0 amide bonds. The first-order chi connectivity index (χ1) is 6.36. The third kappa shape index (κ3) is 2.04. The summed E-state index contributed by atoms with van der Waals surface area (Å²) in [6, 6.07) is 0. The molecular formula is C10H14N2O. The van der Waals surface area contributed by atoms with Crippen LogP contribution in [-0.2, 0) is 4.74 Å². The van der Waals surface area contributed by atoms with Crippen LogP contribution in [0.2, 0.25) is 0 Å². The number of aromatic nitrogens is 2. The quantitative estimate of drug-likeness (QED) is 0.656. The van der Waals surface area contributed by atoms with Crippen LogP contribution in [0.15, 0.2) is 12.4 Å². The van der Waals surface area contributed by atoms with Crippen molar-refractivity contribution in [3.05, 3.63) is 23.8 Å². The maximum absolute atomic E-state index is 5.30. The first-order valence-corrected chi connectivity index (χ1v) is 4.72. The molecule has 0 aromatic carbocycles. The van der Waals surface area contributed by atoms with Crippen LogP contribution in [0.3, 0.4) is 0 Å². The summed E-state index contributed by atoms with van der Waals surface area (Å²) in [7, 11) is 0. The van der Waals surface area contributed by atoms with Crippen LogP contribution >= 0.6 is 0 Å². The van der Waals surface area contributed by atoms with Crippen molar-refractivity contribution in [1.82, 2.24) is 9.97 Å². The number of hydrogen-bond donors (Lipinski definition) is 0.